The van der Waals surface area contributed by atoms with Gasteiger partial charge in [0, 0.05) is 18.3 Å². The predicted molar refractivity (Wildman–Crippen MR) is 99.0 cm³/mol. The van der Waals surface area contributed by atoms with E-state index >= 15 is 0 Å². The van der Waals surface area contributed by atoms with Crippen LogP contribution in [-0.4, -0.2) is 39.0 Å². The van der Waals surface area contributed by atoms with E-state index in [0.29, 0.717) is 0 Å². The van der Waals surface area contributed by atoms with E-state index in [2.05, 4.69) is 10.4 Å². The third kappa shape index (κ3) is 4.07. The van der Waals surface area contributed by atoms with Crippen molar-refractivity contribution in [3.63, 3.8) is 0 Å². The number of nitrogens with one attached hydrogen (secondary N) is 1. The van der Waals surface area contributed by atoms with Gasteiger partial charge in [0.2, 0.25) is 5.91 Å². The summed E-state index contributed by atoms with van der Waals surface area (Å²) in [5.74, 6) is 0.652. The molecule has 0 radical (unpaired) electrons. The smallest absolute Gasteiger partial charge is 0.224 e. The number of aromatic nitrogens is 2. The van der Waals surface area contributed by atoms with Crippen molar-refractivity contribution in [1.82, 2.24) is 15.1 Å². The minimum atomic E-state index is -0.719. The molecule has 6 nitrogen and oxygen atoms in total. The number of ether oxygens (including phenoxy) is 1. The maximum absolute atomic E-state index is 12.5. The highest BCUT2D eigenvalue weighted by Gasteiger charge is 2.34. The largest absolute Gasteiger partial charge is 0.488 e. The van der Waals surface area contributed by atoms with Gasteiger partial charge in [-0.1, -0.05) is 18.2 Å². The number of aryl methyl sites for hydroxylation is 2. The van der Waals surface area contributed by atoms with Gasteiger partial charge < -0.3 is 15.2 Å². The zero-order valence-electron chi connectivity index (χ0n) is 15.6. The summed E-state index contributed by atoms with van der Waals surface area (Å²) in [5.41, 5.74) is 2.81. The Morgan fingerprint density at radius 1 is 1.31 bits per heavy atom. The van der Waals surface area contributed by atoms with Gasteiger partial charge >= 0.3 is 0 Å². The normalized spacial score (nSPS) is 22.8. The van der Waals surface area contributed by atoms with Crippen LogP contribution in [0.2, 0.25) is 0 Å². The predicted octanol–water partition coefficient (Wildman–Crippen LogP) is 2.06. The first-order valence-electron chi connectivity index (χ1n) is 9.14. The lowest BCUT2D eigenvalue weighted by molar-refractivity contribution is -0.123. The second kappa shape index (κ2) is 7.91. The quantitative estimate of drug-likeness (QED) is 0.859. The number of hydrogen-bond donors (Lipinski definition) is 2. The maximum Gasteiger partial charge on any atom is 0.224 e. The molecular weight excluding hydrogens is 330 g/mol. The van der Waals surface area contributed by atoms with E-state index in [0.717, 1.165) is 42.0 Å². The molecule has 1 aromatic carbocycles. The van der Waals surface area contributed by atoms with Crippen molar-refractivity contribution >= 4 is 5.91 Å². The molecule has 1 aliphatic carbocycles. The summed E-state index contributed by atoms with van der Waals surface area (Å²) in [4.78, 5) is 12.5. The van der Waals surface area contributed by atoms with Crippen molar-refractivity contribution < 1.29 is 14.6 Å². The summed E-state index contributed by atoms with van der Waals surface area (Å²) in [7, 11) is 1.88. The van der Waals surface area contributed by atoms with Crippen LogP contribution in [0.3, 0.4) is 0 Å². The number of benzene rings is 1. The van der Waals surface area contributed by atoms with Gasteiger partial charge in [-0.15, -0.1) is 0 Å². The van der Waals surface area contributed by atoms with Crippen LogP contribution >= 0.6 is 0 Å². The summed E-state index contributed by atoms with van der Waals surface area (Å²) >= 11 is 0. The Kier molecular flexibility index (Phi) is 5.61. The minimum Gasteiger partial charge on any atom is -0.488 e. The van der Waals surface area contributed by atoms with E-state index in [1.54, 1.807) is 4.68 Å². The van der Waals surface area contributed by atoms with Gasteiger partial charge in [-0.25, -0.2) is 0 Å². The standard InChI is InChI=1S/C20H27N3O3/c1-13-16(14(2)23(3)22-13)12-19(24)21-17-10-7-11-18(20(17)25)26-15-8-5-4-6-9-15/h4-6,8-9,17-18,20,25H,7,10-12H2,1-3H3,(H,21,24)/t17-,18-,20-/m1/s1. The average molecular weight is 357 g/mol. The van der Waals surface area contributed by atoms with Gasteiger partial charge in [0.25, 0.3) is 0 Å². The lowest BCUT2D eigenvalue weighted by atomic mass is 9.89. The molecule has 26 heavy (non-hydrogen) atoms. The SMILES string of the molecule is Cc1nn(C)c(C)c1CC(=O)N[C@@H]1CCC[C@@H](Oc2ccccc2)[C@@H]1O. The zero-order valence-corrected chi connectivity index (χ0v) is 15.6. The monoisotopic (exact) mass is 357 g/mol. The number of para-hydroxylation sites is 1. The average Bonchev–Trinajstić information content (AvgIpc) is 2.85. The molecule has 1 amide bonds. The lowest BCUT2D eigenvalue weighted by Gasteiger charge is -2.35. The Labute approximate surface area is 154 Å². The third-order valence-electron chi connectivity index (χ3n) is 5.17. The molecule has 140 valence electrons. The number of rotatable bonds is 5. The van der Waals surface area contributed by atoms with Gasteiger partial charge in [0.1, 0.15) is 18.0 Å². The second-order valence-electron chi connectivity index (χ2n) is 7.01. The van der Waals surface area contributed by atoms with Crippen molar-refractivity contribution in [2.75, 3.05) is 0 Å². The molecular formula is C20H27N3O3. The summed E-state index contributed by atoms with van der Waals surface area (Å²) in [5, 5.41) is 18.0. The van der Waals surface area contributed by atoms with Crippen molar-refractivity contribution in [2.24, 2.45) is 7.05 Å². The van der Waals surface area contributed by atoms with Crippen molar-refractivity contribution in [3.8, 4) is 5.75 Å². The Morgan fingerprint density at radius 2 is 2.04 bits per heavy atom. The lowest BCUT2D eigenvalue weighted by Crippen LogP contribution is -2.53. The van der Waals surface area contributed by atoms with E-state index in [-0.39, 0.29) is 24.5 Å². The van der Waals surface area contributed by atoms with Gasteiger partial charge in [-0.2, -0.15) is 5.10 Å². The first-order chi connectivity index (χ1) is 12.5. The maximum atomic E-state index is 12.5. The van der Waals surface area contributed by atoms with E-state index in [1.807, 2.05) is 51.2 Å². The van der Waals surface area contributed by atoms with E-state index < -0.39 is 6.10 Å². The molecule has 0 unspecified atom stereocenters. The number of carbonyl (C=O) groups is 1. The first kappa shape index (κ1) is 18.5. The number of aliphatic hydroxyl groups excluding tert-OH is 1. The van der Waals surface area contributed by atoms with Crippen LogP contribution in [0, 0.1) is 13.8 Å². The summed E-state index contributed by atoms with van der Waals surface area (Å²) < 4.78 is 7.71. The van der Waals surface area contributed by atoms with Crippen LogP contribution in [0.25, 0.3) is 0 Å². The Hall–Kier alpha value is -2.34. The third-order valence-corrected chi connectivity index (χ3v) is 5.17. The molecule has 3 rings (SSSR count). The second-order valence-corrected chi connectivity index (χ2v) is 7.01. The number of hydrogen-bond acceptors (Lipinski definition) is 4. The highest BCUT2D eigenvalue weighted by molar-refractivity contribution is 5.79. The molecule has 0 bridgehead atoms. The van der Waals surface area contributed by atoms with Crippen LogP contribution in [0.15, 0.2) is 30.3 Å². The molecule has 0 saturated heterocycles. The van der Waals surface area contributed by atoms with Crippen molar-refractivity contribution in [2.45, 2.75) is 57.8 Å². The summed E-state index contributed by atoms with van der Waals surface area (Å²) in [6.07, 6.45) is 1.70. The van der Waals surface area contributed by atoms with E-state index in [1.165, 1.54) is 0 Å². The highest BCUT2D eigenvalue weighted by atomic mass is 16.5. The molecule has 0 spiro atoms. The number of aliphatic hydroxyl groups is 1. The molecule has 1 heterocycles. The van der Waals surface area contributed by atoms with E-state index in [4.69, 9.17) is 4.74 Å². The molecule has 1 fully saturated rings. The molecule has 1 aromatic heterocycles. The van der Waals surface area contributed by atoms with E-state index in [9.17, 15) is 9.90 Å². The van der Waals surface area contributed by atoms with Gasteiger partial charge in [-0.3, -0.25) is 9.48 Å². The van der Waals surface area contributed by atoms with Crippen molar-refractivity contribution in [1.29, 1.82) is 0 Å². The molecule has 2 aromatic rings. The molecule has 2 N–H and O–H groups in total. The Bertz CT molecular complexity index is 757. The number of carbonyl (C=O) groups excluding carboxylic acids is 1. The van der Waals surface area contributed by atoms with Crippen LogP contribution in [0.1, 0.15) is 36.2 Å². The summed E-state index contributed by atoms with van der Waals surface area (Å²) in [6, 6.07) is 9.20. The fourth-order valence-electron chi connectivity index (χ4n) is 3.59. The Balaban J connectivity index is 1.60. The van der Waals surface area contributed by atoms with Gasteiger partial charge in [-0.05, 0) is 45.2 Å². The molecule has 6 heteroatoms. The van der Waals surface area contributed by atoms with Crippen LogP contribution < -0.4 is 10.1 Å². The molecule has 1 saturated carbocycles. The van der Waals surface area contributed by atoms with Crippen LogP contribution in [0.5, 0.6) is 5.75 Å². The summed E-state index contributed by atoms with van der Waals surface area (Å²) in [6.45, 7) is 3.87. The minimum absolute atomic E-state index is 0.0892. The van der Waals surface area contributed by atoms with Crippen molar-refractivity contribution in [3.05, 3.63) is 47.3 Å². The van der Waals surface area contributed by atoms with Crippen LogP contribution in [0.4, 0.5) is 0 Å². The highest BCUT2D eigenvalue weighted by Crippen LogP contribution is 2.24. The molecule has 0 aliphatic heterocycles. The first-order valence-corrected chi connectivity index (χ1v) is 9.14. The zero-order chi connectivity index (χ0) is 18.7. The topological polar surface area (TPSA) is 76.4 Å². The molecule has 1 aliphatic rings. The fraction of sp³-hybridized carbons (Fsp3) is 0.500. The number of nitrogens with zero attached hydrogens (tertiary/aromatic N) is 2. The fourth-order valence-corrected chi connectivity index (χ4v) is 3.59. The van der Waals surface area contributed by atoms with Gasteiger partial charge in [0.05, 0.1) is 18.2 Å². The van der Waals surface area contributed by atoms with Gasteiger partial charge in [0.15, 0.2) is 0 Å². The Morgan fingerprint density at radius 3 is 2.69 bits per heavy atom. The van der Waals surface area contributed by atoms with Crippen LogP contribution in [-0.2, 0) is 18.3 Å². The number of amides is 1. The molecule has 3 atom stereocenters.